The molecule has 0 saturated heterocycles. The molecular weight excluding hydrogens is 306 g/mol. The molecule has 6 heteroatoms. The summed E-state index contributed by atoms with van der Waals surface area (Å²) in [6.07, 6.45) is 2.96. The van der Waals surface area contributed by atoms with E-state index in [9.17, 15) is 9.59 Å². The van der Waals surface area contributed by atoms with Gasteiger partial charge in [0.1, 0.15) is 12.0 Å². The van der Waals surface area contributed by atoms with Gasteiger partial charge in [-0.2, -0.15) is 0 Å². The second-order valence-corrected chi connectivity index (χ2v) is 5.69. The van der Waals surface area contributed by atoms with Crippen molar-refractivity contribution in [3.63, 3.8) is 0 Å². The molecule has 24 heavy (non-hydrogen) atoms. The number of nitrogens with zero attached hydrogens (tertiary/aromatic N) is 1. The summed E-state index contributed by atoms with van der Waals surface area (Å²) < 4.78 is 5.21. The molecule has 3 aromatic rings. The molecule has 1 aromatic carbocycles. The van der Waals surface area contributed by atoms with Gasteiger partial charge in [0, 0.05) is 11.6 Å². The summed E-state index contributed by atoms with van der Waals surface area (Å²) in [5.41, 5.74) is 8.67. The Morgan fingerprint density at radius 3 is 2.75 bits per heavy atom. The van der Waals surface area contributed by atoms with Crippen molar-refractivity contribution in [1.82, 2.24) is 10.3 Å². The third-order valence-corrected chi connectivity index (χ3v) is 3.81. The first-order valence-corrected chi connectivity index (χ1v) is 7.47. The fourth-order valence-electron chi connectivity index (χ4n) is 2.57. The van der Waals surface area contributed by atoms with Crippen LogP contribution in [0, 0.1) is 13.8 Å². The van der Waals surface area contributed by atoms with Crippen molar-refractivity contribution in [2.24, 2.45) is 5.73 Å². The highest BCUT2D eigenvalue weighted by Gasteiger charge is 2.14. The monoisotopic (exact) mass is 323 g/mol. The van der Waals surface area contributed by atoms with E-state index in [0.29, 0.717) is 16.8 Å². The third-order valence-electron chi connectivity index (χ3n) is 3.81. The van der Waals surface area contributed by atoms with E-state index < -0.39 is 5.91 Å². The molecule has 122 valence electrons. The molecule has 0 aliphatic carbocycles. The zero-order valence-electron chi connectivity index (χ0n) is 13.4. The first kappa shape index (κ1) is 15.7. The van der Waals surface area contributed by atoms with E-state index in [4.69, 9.17) is 10.2 Å². The molecule has 2 amide bonds. The normalized spacial score (nSPS) is 10.8. The Kier molecular flexibility index (Phi) is 4.04. The molecule has 0 spiro atoms. The second-order valence-electron chi connectivity index (χ2n) is 5.69. The van der Waals surface area contributed by atoms with Crippen LogP contribution in [-0.4, -0.2) is 16.8 Å². The Labute approximate surface area is 138 Å². The predicted octanol–water partition coefficient (Wildman–Crippen LogP) is 2.47. The highest BCUT2D eigenvalue weighted by atomic mass is 16.3. The van der Waals surface area contributed by atoms with Crippen molar-refractivity contribution in [1.29, 1.82) is 0 Å². The van der Waals surface area contributed by atoms with Crippen LogP contribution in [0.25, 0.3) is 10.9 Å². The number of hydrogen-bond acceptors (Lipinski definition) is 4. The van der Waals surface area contributed by atoms with E-state index in [-0.39, 0.29) is 18.0 Å². The number of nitrogens with two attached hydrogens (primary N) is 1. The van der Waals surface area contributed by atoms with Gasteiger partial charge in [-0.25, -0.2) is 0 Å². The highest BCUT2D eigenvalue weighted by molar-refractivity contribution is 6.06. The van der Waals surface area contributed by atoms with Crippen molar-refractivity contribution >= 4 is 22.7 Å². The van der Waals surface area contributed by atoms with Gasteiger partial charge >= 0.3 is 0 Å². The fourth-order valence-corrected chi connectivity index (χ4v) is 2.57. The topological polar surface area (TPSA) is 98.2 Å². The van der Waals surface area contributed by atoms with Crippen LogP contribution in [0.5, 0.6) is 0 Å². The fraction of sp³-hybridized carbons (Fsp3) is 0.167. The van der Waals surface area contributed by atoms with Crippen LogP contribution in [0.1, 0.15) is 37.6 Å². The number of aromatic nitrogens is 1. The number of fused-ring (bicyclic) bond motifs is 1. The summed E-state index contributed by atoms with van der Waals surface area (Å²) in [6.45, 7) is 4.08. The summed E-state index contributed by atoms with van der Waals surface area (Å²) >= 11 is 0. The lowest BCUT2D eigenvalue weighted by Gasteiger charge is -2.09. The number of carbonyl (C=O) groups is 2. The van der Waals surface area contributed by atoms with Crippen LogP contribution in [-0.2, 0) is 6.54 Å². The van der Waals surface area contributed by atoms with Gasteiger partial charge in [-0.05, 0) is 49.2 Å². The summed E-state index contributed by atoms with van der Waals surface area (Å²) in [4.78, 5) is 27.9. The van der Waals surface area contributed by atoms with Gasteiger partial charge in [0.25, 0.3) is 11.8 Å². The van der Waals surface area contributed by atoms with Gasteiger partial charge in [0.05, 0.1) is 23.2 Å². The molecule has 2 heterocycles. The molecule has 6 nitrogen and oxygen atoms in total. The van der Waals surface area contributed by atoms with E-state index in [1.54, 1.807) is 12.3 Å². The molecular formula is C18H17N3O3. The van der Waals surface area contributed by atoms with E-state index in [2.05, 4.69) is 10.3 Å². The summed E-state index contributed by atoms with van der Waals surface area (Å²) in [5.74, 6) is -0.363. The number of nitrogens with one attached hydrogen (secondary N) is 1. The Bertz CT molecular complexity index is 944. The van der Waals surface area contributed by atoms with E-state index in [1.807, 2.05) is 26.0 Å². The molecule has 0 aliphatic heterocycles. The number of furan rings is 1. The molecule has 3 rings (SSSR count). The van der Waals surface area contributed by atoms with Gasteiger partial charge in [-0.15, -0.1) is 0 Å². The highest BCUT2D eigenvalue weighted by Crippen LogP contribution is 2.22. The van der Waals surface area contributed by atoms with Gasteiger partial charge in [0.2, 0.25) is 0 Å². The quantitative estimate of drug-likeness (QED) is 0.770. The Morgan fingerprint density at radius 1 is 1.25 bits per heavy atom. The minimum atomic E-state index is -0.569. The zero-order chi connectivity index (χ0) is 17.3. The number of carbonyl (C=O) groups excluding carboxylic acids is 2. The Balaban J connectivity index is 1.86. The molecule has 2 aromatic heterocycles. The van der Waals surface area contributed by atoms with Crippen molar-refractivity contribution in [3.8, 4) is 0 Å². The number of hydrogen-bond donors (Lipinski definition) is 2. The molecule has 0 saturated carbocycles. The zero-order valence-corrected chi connectivity index (χ0v) is 13.4. The molecule has 0 unspecified atom stereocenters. The van der Waals surface area contributed by atoms with E-state index >= 15 is 0 Å². The first-order valence-electron chi connectivity index (χ1n) is 7.47. The largest absolute Gasteiger partial charge is 0.467 e. The minimum absolute atomic E-state index is 0.160. The Hall–Kier alpha value is -3.15. The van der Waals surface area contributed by atoms with Gasteiger partial charge in [0.15, 0.2) is 0 Å². The number of primary amides is 1. The number of amides is 2. The predicted molar refractivity (Wildman–Crippen MR) is 89.6 cm³/mol. The SMILES string of the molecule is Cc1cc(C(=O)NCc2cc(C(N)=O)co2)c2nccc(C)c2c1. The lowest BCUT2D eigenvalue weighted by molar-refractivity contribution is 0.0948. The maximum absolute atomic E-state index is 12.6. The lowest BCUT2D eigenvalue weighted by atomic mass is 10.0. The number of benzene rings is 1. The molecule has 0 radical (unpaired) electrons. The van der Waals surface area contributed by atoms with Gasteiger partial charge < -0.3 is 15.5 Å². The van der Waals surface area contributed by atoms with Crippen molar-refractivity contribution < 1.29 is 14.0 Å². The Morgan fingerprint density at radius 2 is 2.04 bits per heavy atom. The molecule has 0 fully saturated rings. The summed E-state index contributed by atoms with van der Waals surface area (Å²) in [7, 11) is 0. The van der Waals surface area contributed by atoms with Gasteiger partial charge in [-0.1, -0.05) is 0 Å². The number of pyridine rings is 1. The molecule has 3 N–H and O–H groups in total. The van der Waals surface area contributed by atoms with Crippen molar-refractivity contribution in [2.45, 2.75) is 20.4 Å². The summed E-state index contributed by atoms with van der Waals surface area (Å²) in [6, 6.07) is 7.25. The average Bonchev–Trinajstić information content (AvgIpc) is 3.02. The first-order chi connectivity index (χ1) is 11.5. The number of rotatable bonds is 4. The van der Waals surface area contributed by atoms with E-state index in [0.717, 1.165) is 16.5 Å². The molecule has 0 atom stereocenters. The standard InChI is InChI=1S/C18H17N3O3/c1-10-5-14-11(2)3-4-20-16(14)15(6-10)18(23)21-8-13-7-12(9-24-13)17(19)22/h3-7,9H,8H2,1-2H3,(H2,19,22)(H,21,23). The maximum Gasteiger partial charge on any atom is 0.253 e. The van der Waals surface area contributed by atoms with Crippen LogP contribution in [0.3, 0.4) is 0 Å². The molecule has 0 aliphatic rings. The minimum Gasteiger partial charge on any atom is -0.467 e. The average molecular weight is 323 g/mol. The summed E-state index contributed by atoms with van der Waals surface area (Å²) in [5, 5.41) is 3.74. The van der Waals surface area contributed by atoms with Gasteiger partial charge in [-0.3, -0.25) is 14.6 Å². The van der Waals surface area contributed by atoms with Crippen molar-refractivity contribution in [2.75, 3.05) is 0 Å². The van der Waals surface area contributed by atoms with Crippen LogP contribution >= 0.6 is 0 Å². The number of aryl methyl sites for hydroxylation is 2. The van der Waals surface area contributed by atoms with Crippen LogP contribution in [0.4, 0.5) is 0 Å². The smallest absolute Gasteiger partial charge is 0.253 e. The van der Waals surface area contributed by atoms with Crippen LogP contribution < -0.4 is 11.1 Å². The molecule has 0 bridgehead atoms. The van der Waals surface area contributed by atoms with Crippen LogP contribution in [0.15, 0.2) is 41.1 Å². The van der Waals surface area contributed by atoms with Crippen molar-refractivity contribution in [3.05, 3.63) is 64.7 Å². The van der Waals surface area contributed by atoms with Crippen LogP contribution in [0.2, 0.25) is 0 Å². The maximum atomic E-state index is 12.6. The van der Waals surface area contributed by atoms with E-state index in [1.165, 1.54) is 12.3 Å². The second kappa shape index (κ2) is 6.16. The lowest BCUT2D eigenvalue weighted by Crippen LogP contribution is -2.23. The third kappa shape index (κ3) is 2.99.